The topological polar surface area (TPSA) is 327 Å². The van der Waals surface area contributed by atoms with Crippen LogP contribution in [0.15, 0.2) is 72.9 Å². The Labute approximate surface area is 500 Å². The zero-order valence-corrected chi connectivity index (χ0v) is 49.3. The van der Waals surface area contributed by atoms with Gasteiger partial charge in [0.2, 0.25) is 29.5 Å². The van der Waals surface area contributed by atoms with Gasteiger partial charge < -0.3 is 61.3 Å². The van der Waals surface area contributed by atoms with Crippen molar-refractivity contribution in [1.29, 1.82) is 0 Å². The number of ether oxygens (including phenoxy) is 1. The molecule has 24 nitrogen and oxygen atoms in total. The van der Waals surface area contributed by atoms with Crippen LogP contribution in [0.1, 0.15) is 116 Å². The smallest absolute Gasteiger partial charge is 0.321 e. The SMILES string of the molecule is CSNc1cc(/C(=C/N(C)C)c2cc(C(=O)NCCNC(=O)CCN3C(=O)CC(SCC(N)C(=O)O)C3=O)[nH]c2C=O)c(Oc2ccccc2)cc1C(=O)NCCCCCN1CCC(Nc2cccc3c2CN(C2CCC(=O)NC2=O)C3=O)CC1. The number of fused-ring (bicyclic) bond motifs is 1. The van der Waals surface area contributed by atoms with Crippen LogP contribution in [0.4, 0.5) is 11.4 Å². The van der Waals surface area contributed by atoms with Gasteiger partial charge in [0, 0.05) is 137 Å². The van der Waals surface area contributed by atoms with Crippen molar-refractivity contribution in [1.82, 2.24) is 45.9 Å². The Kier molecular flexibility index (Phi) is 21.8. The molecule has 3 unspecified atom stereocenters. The van der Waals surface area contributed by atoms with Crippen LogP contribution in [-0.4, -0.2) is 184 Å². The number of imide groups is 2. The van der Waals surface area contributed by atoms with Gasteiger partial charge in [-0.1, -0.05) is 42.6 Å². The second kappa shape index (κ2) is 29.6. The molecule has 0 spiro atoms. The summed E-state index contributed by atoms with van der Waals surface area (Å²) >= 11 is 2.28. The second-order valence-corrected chi connectivity index (χ2v) is 23.1. The molecule has 3 aromatic carbocycles. The van der Waals surface area contributed by atoms with E-state index < -0.39 is 52.8 Å². The number of rotatable bonds is 29. The number of nitrogens with two attached hydrogens (primary N) is 1. The Morgan fingerprint density at radius 3 is 2.33 bits per heavy atom. The summed E-state index contributed by atoms with van der Waals surface area (Å²) in [6.45, 7) is 3.30. The number of H-pyrrole nitrogens is 1. The number of carbonyl (C=O) groups excluding carboxylic acids is 9. The maximum atomic E-state index is 14.1. The highest BCUT2D eigenvalue weighted by atomic mass is 32.2. The lowest BCUT2D eigenvalue weighted by atomic mass is 9.95. The molecule has 3 atom stereocenters. The summed E-state index contributed by atoms with van der Waals surface area (Å²) in [6.07, 6.45) is 8.84. The van der Waals surface area contributed by atoms with Crippen LogP contribution >= 0.6 is 23.7 Å². The Morgan fingerprint density at radius 2 is 1.61 bits per heavy atom. The summed E-state index contributed by atoms with van der Waals surface area (Å²) in [5.41, 5.74) is 10.2. The highest BCUT2D eigenvalue weighted by Gasteiger charge is 2.41. The van der Waals surface area contributed by atoms with Crippen molar-refractivity contribution in [2.75, 3.05) is 82.0 Å². The fraction of sp³-hybridized carbons (Fsp3) is 0.424. The van der Waals surface area contributed by atoms with Crippen molar-refractivity contribution in [2.45, 2.75) is 87.7 Å². The average Bonchev–Trinajstić information content (AvgIpc) is 2.66. The standard InChI is InChI=1S/C59H72N12O12S2/c1-68(2)31-41(38-27-46(65-47(38)33-72)55(77)63-22-21-61-51(73)19-26-70-53(75)30-50(58(70)80)85-34-43(60)59(81)82)39-28-45(67-84-3)40(29-49(39)83-36-11-6-4-7-12-36)54(76)62-20-8-5-9-23-69-24-17-35(18-25-69)64-44-14-10-13-37-42(44)32-71(57(37)79)48-15-16-52(74)66-56(48)78/h4,6-7,10-14,27-29,31,33,35,43,48,50,64-65,67H,5,8-9,15-26,30,32,34,60H2,1-3H3,(H,61,73)(H,62,76)(H,63,77)(H,81,82)(H,66,74,78)/b41-31+. The van der Waals surface area contributed by atoms with Crippen molar-refractivity contribution in [3.05, 3.63) is 112 Å². The molecular weight excluding hydrogens is 1130 g/mol. The molecule has 1 aromatic heterocycles. The molecular formula is C59H72N12O12S2. The number of nitrogens with one attached hydrogen (secondary N) is 7. The Bertz CT molecular complexity index is 3200. The third-order valence-electron chi connectivity index (χ3n) is 15.0. The first kappa shape index (κ1) is 62.8. The zero-order chi connectivity index (χ0) is 60.7. The van der Waals surface area contributed by atoms with E-state index in [4.69, 9.17) is 15.6 Å². The van der Waals surface area contributed by atoms with E-state index in [-0.39, 0.29) is 79.8 Å². The molecule has 4 aliphatic heterocycles. The molecule has 3 fully saturated rings. The number of nitrogens with zero attached hydrogens (tertiary/aromatic N) is 4. The fourth-order valence-corrected chi connectivity index (χ4v) is 12.1. The Morgan fingerprint density at radius 1 is 0.859 bits per heavy atom. The van der Waals surface area contributed by atoms with Crippen LogP contribution in [0.2, 0.25) is 0 Å². The third-order valence-corrected chi connectivity index (χ3v) is 16.7. The van der Waals surface area contributed by atoms with Crippen LogP contribution in [-0.2, 0) is 35.3 Å². The van der Waals surface area contributed by atoms with E-state index in [9.17, 15) is 47.9 Å². The Balaban J connectivity index is 0.841. The van der Waals surface area contributed by atoms with E-state index >= 15 is 0 Å². The van der Waals surface area contributed by atoms with Gasteiger partial charge in [-0.2, -0.15) is 0 Å². The van der Waals surface area contributed by atoms with E-state index in [0.717, 1.165) is 79.7 Å². The van der Waals surface area contributed by atoms with E-state index in [1.807, 2.05) is 36.6 Å². The molecule has 4 aliphatic rings. The number of anilines is 2. The molecule has 0 saturated carbocycles. The number of aliphatic carboxylic acids is 1. The number of unbranched alkanes of at least 4 members (excludes halogenated alkanes) is 2. The molecule has 5 heterocycles. The largest absolute Gasteiger partial charge is 0.480 e. The molecule has 0 radical (unpaired) electrons. The lowest BCUT2D eigenvalue weighted by Gasteiger charge is -2.33. The second-order valence-electron chi connectivity index (χ2n) is 21.3. The van der Waals surface area contributed by atoms with E-state index in [0.29, 0.717) is 70.8 Å². The van der Waals surface area contributed by atoms with Crippen LogP contribution < -0.4 is 41.8 Å². The average molecular weight is 1210 g/mol. The summed E-state index contributed by atoms with van der Waals surface area (Å²) in [5, 5.41) is 22.8. The van der Waals surface area contributed by atoms with Gasteiger partial charge >= 0.3 is 5.97 Å². The first-order valence-corrected chi connectivity index (χ1v) is 30.5. The zero-order valence-electron chi connectivity index (χ0n) is 47.7. The number of benzene rings is 3. The number of aldehydes is 1. The molecule has 8 rings (SSSR count). The lowest BCUT2D eigenvalue weighted by Crippen LogP contribution is -2.52. The predicted molar refractivity (Wildman–Crippen MR) is 322 cm³/mol. The van der Waals surface area contributed by atoms with E-state index in [1.54, 1.807) is 60.4 Å². The predicted octanol–water partition coefficient (Wildman–Crippen LogP) is 4.01. The molecule has 85 heavy (non-hydrogen) atoms. The van der Waals surface area contributed by atoms with Crippen molar-refractivity contribution in [3.8, 4) is 11.5 Å². The van der Waals surface area contributed by atoms with E-state index in [2.05, 4.69) is 41.2 Å². The number of aromatic amines is 1. The van der Waals surface area contributed by atoms with Crippen LogP contribution in [0, 0.1) is 0 Å². The first-order valence-electron chi connectivity index (χ1n) is 28.2. The van der Waals surface area contributed by atoms with Gasteiger partial charge in [0.25, 0.3) is 17.7 Å². The number of aromatic nitrogens is 1. The summed E-state index contributed by atoms with van der Waals surface area (Å²) in [4.78, 5) is 137. The number of hydrogen-bond donors (Lipinski definition) is 9. The molecule has 0 aliphatic carbocycles. The summed E-state index contributed by atoms with van der Waals surface area (Å²) in [5.74, 6) is -3.78. The quantitative estimate of drug-likeness (QED) is 0.0161. The van der Waals surface area contributed by atoms with Crippen LogP contribution in [0.25, 0.3) is 5.57 Å². The highest BCUT2D eigenvalue weighted by Crippen LogP contribution is 2.40. The van der Waals surface area contributed by atoms with Crippen molar-refractivity contribution < 1.29 is 57.8 Å². The number of para-hydroxylation sites is 1. The van der Waals surface area contributed by atoms with Gasteiger partial charge in [0.05, 0.1) is 22.2 Å². The number of thioether (sulfide) groups is 1. The highest BCUT2D eigenvalue weighted by molar-refractivity contribution is 8.00. The number of carboxylic acid groups (broad SMARTS) is 1. The summed E-state index contributed by atoms with van der Waals surface area (Å²) in [7, 11) is 3.61. The van der Waals surface area contributed by atoms with Gasteiger partial charge in [-0.25, -0.2) is 0 Å². The summed E-state index contributed by atoms with van der Waals surface area (Å²) < 4.78 is 9.79. The van der Waals surface area contributed by atoms with Gasteiger partial charge in [0.1, 0.15) is 29.3 Å². The van der Waals surface area contributed by atoms with Crippen molar-refractivity contribution >= 4 is 100 Å². The van der Waals surface area contributed by atoms with Crippen LogP contribution in [0.3, 0.4) is 0 Å². The first-order chi connectivity index (χ1) is 40.9. The number of carboxylic acids is 1. The lowest BCUT2D eigenvalue weighted by molar-refractivity contribution is -0.140. The van der Waals surface area contributed by atoms with Crippen molar-refractivity contribution in [3.63, 3.8) is 0 Å². The molecule has 8 amide bonds. The fourth-order valence-electron chi connectivity index (χ4n) is 10.6. The monoisotopic (exact) mass is 1200 g/mol. The van der Waals surface area contributed by atoms with Gasteiger partial charge in [-0.15, -0.1) is 11.8 Å². The maximum Gasteiger partial charge on any atom is 0.321 e. The molecule has 452 valence electrons. The van der Waals surface area contributed by atoms with E-state index in [1.165, 1.54) is 18.0 Å². The molecule has 0 bridgehead atoms. The molecule has 26 heteroatoms. The normalized spacial score (nSPS) is 17.7. The number of piperidine rings is 2. The number of carbonyl (C=O) groups is 10. The third kappa shape index (κ3) is 16.2. The number of likely N-dealkylation sites (tertiary alicyclic amines) is 2. The maximum absolute atomic E-state index is 14.1. The number of amides is 8. The van der Waals surface area contributed by atoms with Crippen molar-refractivity contribution in [2.24, 2.45) is 5.73 Å². The minimum atomic E-state index is -1.22. The van der Waals surface area contributed by atoms with Gasteiger partial charge in [0.15, 0.2) is 6.29 Å². The Hall–Kier alpha value is -8.20. The van der Waals surface area contributed by atoms with Gasteiger partial charge in [-0.05, 0) is 81.1 Å². The minimum absolute atomic E-state index is 0.00616. The van der Waals surface area contributed by atoms with Crippen LogP contribution in [0.5, 0.6) is 11.5 Å². The van der Waals surface area contributed by atoms with Gasteiger partial charge in [-0.3, -0.25) is 58.2 Å². The summed E-state index contributed by atoms with van der Waals surface area (Å²) in [6, 6.07) is 18.0. The molecule has 10 N–H and O–H groups in total. The number of hydrogen-bond acceptors (Lipinski definition) is 18. The molecule has 4 aromatic rings. The minimum Gasteiger partial charge on any atom is -0.480 e. The molecule has 3 saturated heterocycles.